The molecule has 4 aromatic carbocycles. The number of ether oxygens (including phenoxy) is 3. The van der Waals surface area contributed by atoms with Crippen LogP contribution in [0.4, 0.5) is 35.1 Å². The Balaban J connectivity index is 0.000000365. The second-order valence-corrected chi connectivity index (χ2v) is 16.9. The number of ketones is 1. The van der Waals surface area contributed by atoms with Crippen molar-refractivity contribution in [3.63, 3.8) is 0 Å². The summed E-state index contributed by atoms with van der Waals surface area (Å²) >= 11 is 0. The van der Waals surface area contributed by atoms with E-state index in [4.69, 9.17) is 20.3 Å². The molecule has 17 heteroatoms. The average molecular weight is 960 g/mol. The number of hydrogen-bond acceptors (Lipinski definition) is 8. The summed E-state index contributed by atoms with van der Waals surface area (Å²) in [5, 5.41) is 19.3. The van der Waals surface area contributed by atoms with Crippen LogP contribution in [0.1, 0.15) is 132 Å². The van der Waals surface area contributed by atoms with Gasteiger partial charge in [-0.05, 0) is 88.4 Å². The number of carbonyl (C=O) groups excluding carboxylic acids is 2. The quantitative estimate of drug-likeness (QED) is 0.0267. The molecular formula is C51H55F8N2O7+. The average Bonchev–Trinajstić information content (AvgIpc) is 3.29. The maximum absolute atomic E-state index is 16.3. The highest BCUT2D eigenvalue weighted by Crippen LogP contribution is 2.50. The third kappa shape index (κ3) is 9.57. The third-order valence-electron chi connectivity index (χ3n) is 11.6. The van der Waals surface area contributed by atoms with E-state index in [-0.39, 0.29) is 34.9 Å². The summed E-state index contributed by atoms with van der Waals surface area (Å²) in [6, 6.07) is 3.51. The third-order valence-corrected chi connectivity index (χ3v) is 11.6. The fourth-order valence-electron chi connectivity index (χ4n) is 9.00. The Morgan fingerprint density at radius 1 is 0.809 bits per heavy atom. The lowest BCUT2D eigenvalue weighted by atomic mass is 9.81. The second-order valence-electron chi connectivity index (χ2n) is 16.9. The zero-order chi connectivity index (χ0) is 50.9. The van der Waals surface area contributed by atoms with Crippen molar-refractivity contribution in [2.75, 3.05) is 20.2 Å². The maximum atomic E-state index is 16.3. The zero-order valence-electron chi connectivity index (χ0n) is 39.5. The molecule has 1 atom stereocenters. The molecule has 0 saturated carbocycles. The van der Waals surface area contributed by atoms with Gasteiger partial charge in [-0.15, -0.1) is 0 Å². The topological polar surface area (TPSA) is 131 Å². The molecule has 4 N–H and O–H groups in total. The van der Waals surface area contributed by atoms with E-state index in [2.05, 4.69) is 29.2 Å². The van der Waals surface area contributed by atoms with Gasteiger partial charge in [0.1, 0.15) is 23.8 Å². The number of aliphatic hydroxyl groups is 2. The number of benzene rings is 4. The maximum Gasteiger partial charge on any atom is 0.311 e. The molecule has 0 amide bonds. The molecular weight excluding hydrogens is 905 g/mol. The monoisotopic (exact) mass is 959 g/mol. The Morgan fingerprint density at radius 3 is 2.00 bits per heavy atom. The smallest absolute Gasteiger partial charge is 0.311 e. The Morgan fingerprint density at radius 2 is 1.41 bits per heavy atom. The van der Waals surface area contributed by atoms with Crippen LogP contribution >= 0.6 is 0 Å². The van der Waals surface area contributed by atoms with E-state index in [0.717, 1.165) is 49.1 Å². The Bertz CT molecular complexity index is 2880. The summed E-state index contributed by atoms with van der Waals surface area (Å²) in [7, 11) is 1.00. The van der Waals surface area contributed by atoms with Crippen LogP contribution in [0.15, 0.2) is 30.4 Å². The predicted octanol–water partition coefficient (Wildman–Crippen LogP) is 9.41. The molecule has 0 aliphatic carbocycles. The van der Waals surface area contributed by atoms with E-state index >= 15 is 13.2 Å². The molecule has 68 heavy (non-hydrogen) atoms. The molecule has 0 radical (unpaired) electrons. The molecule has 4 aliphatic rings. The molecule has 0 saturated heterocycles. The highest BCUT2D eigenvalue weighted by atomic mass is 19.2. The van der Waals surface area contributed by atoms with Crippen molar-refractivity contribution < 1.29 is 69.1 Å². The number of halogens is 8. The van der Waals surface area contributed by atoms with Crippen LogP contribution in [-0.2, 0) is 17.6 Å². The van der Waals surface area contributed by atoms with Crippen LogP contribution < -0.4 is 35.1 Å². The molecule has 0 aromatic heterocycles. The molecule has 0 fully saturated rings. The van der Waals surface area contributed by atoms with Crippen LogP contribution in [0.25, 0.3) is 16.7 Å². The van der Waals surface area contributed by atoms with E-state index in [0.29, 0.717) is 65.6 Å². The summed E-state index contributed by atoms with van der Waals surface area (Å²) < 4.78 is 133. The van der Waals surface area contributed by atoms with Gasteiger partial charge in [0.05, 0.1) is 11.1 Å². The van der Waals surface area contributed by atoms with Crippen molar-refractivity contribution in [1.82, 2.24) is 4.58 Å². The van der Waals surface area contributed by atoms with Gasteiger partial charge >= 0.3 is 5.97 Å². The van der Waals surface area contributed by atoms with Gasteiger partial charge < -0.3 is 30.2 Å². The van der Waals surface area contributed by atoms with Gasteiger partial charge in [0.25, 0.3) is 0 Å². The Kier molecular flexibility index (Phi) is 16.2. The van der Waals surface area contributed by atoms with Gasteiger partial charge in [-0.3, -0.25) is 9.59 Å². The van der Waals surface area contributed by atoms with E-state index < -0.39 is 81.0 Å². The van der Waals surface area contributed by atoms with Crippen LogP contribution in [0.5, 0.6) is 23.0 Å². The zero-order valence-corrected chi connectivity index (χ0v) is 39.5. The van der Waals surface area contributed by atoms with E-state index in [1.165, 1.54) is 13.0 Å². The number of fused-ring (bicyclic) bond motifs is 4. The van der Waals surface area contributed by atoms with Crippen LogP contribution in [0.2, 0.25) is 0 Å². The number of hydrogen-bond donors (Lipinski definition) is 3. The number of nitrogens with two attached hydrogens (primary N) is 1. The van der Waals surface area contributed by atoms with E-state index in [1.54, 1.807) is 19.9 Å². The van der Waals surface area contributed by atoms with Crippen molar-refractivity contribution >= 4 is 28.5 Å². The first kappa shape index (κ1) is 53.1. The van der Waals surface area contributed by atoms with Crippen LogP contribution in [0.3, 0.4) is 0 Å². The SMILES string of the molecule is CC.CC(=O)c1c(F)c(F)c(F)c(F)c1C1=c2cc3c4c(c2Oc2c1cc1c(c2CCCN)OC(C)(O)C=C1C)CCC[N+]=4C(C)(C)C=C3C.CCCC(=O)Oc1c(F)c(F)cc(F)c1F.CO. The summed E-state index contributed by atoms with van der Waals surface area (Å²) in [5.74, 6) is -18.2. The predicted molar refractivity (Wildman–Crippen MR) is 241 cm³/mol. The van der Waals surface area contributed by atoms with Crippen molar-refractivity contribution in [2.24, 2.45) is 5.73 Å². The molecule has 1 unspecified atom stereocenters. The van der Waals surface area contributed by atoms with Gasteiger partial charge in [0, 0.05) is 85.4 Å². The molecule has 4 aliphatic heterocycles. The van der Waals surface area contributed by atoms with Gasteiger partial charge in [0.15, 0.2) is 46.2 Å². The number of esters is 1. The van der Waals surface area contributed by atoms with Crippen molar-refractivity contribution in [3.05, 3.63) is 126 Å². The van der Waals surface area contributed by atoms with Crippen molar-refractivity contribution in [1.29, 1.82) is 0 Å². The van der Waals surface area contributed by atoms with Crippen molar-refractivity contribution in [2.45, 2.75) is 112 Å². The molecule has 0 bridgehead atoms. The number of aliphatic hydroxyl groups excluding tert-OH is 1. The normalized spacial score (nSPS) is 16.8. The minimum atomic E-state index is -2.06. The van der Waals surface area contributed by atoms with Gasteiger partial charge in [-0.2, -0.15) is 8.78 Å². The first-order chi connectivity index (χ1) is 32.0. The minimum absolute atomic E-state index is 0.00230. The molecule has 0 spiro atoms. The first-order valence-electron chi connectivity index (χ1n) is 22.1. The van der Waals surface area contributed by atoms with E-state index in [1.807, 2.05) is 26.8 Å². The Hall–Kier alpha value is -5.91. The highest BCUT2D eigenvalue weighted by Gasteiger charge is 2.42. The molecule has 4 heterocycles. The number of allylic oxidation sites excluding steroid dienone is 2. The van der Waals surface area contributed by atoms with Gasteiger partial charge in [-0.1, -0.05) is 20.8 Å². The Labute approximate surface area is 388 Å². The second kappa shape index (κ2) is 20.8. The molecule has 9 nitrogen and oxygen atoms in total. The summed E-state index contributed by atoms with van der Waals surface area (Å²) in [6.45, 7) is 17.2. The highest BCUT2D eigenvalue weighted by molar-refractivity contribution is 6.03. The number of rotatable bonds is 8. The van der Waals surface area contributed by atoms with E-state index in [9.17, 15) is 36.6 Å². The largest absolute Gasteiger partial charge is 0.458 e. The number of carbonyl (C=O) groups is 2. The van der Waals surface area contributed by atoms with Gasteiger partial charge in [0.2, 0.25) is 28.5 Å². The lowest BCUT2D eigenvalue weighted by molar-refractivity contribution is -0.134. The lowest BCUT2D eigenvalue weighted by Gasteiger charge is -2.35. The summed E-state index contributed by atoms with van der Waals surface area (Å²) in [6.07, 6.45) is 6.14. The van der Waals surface area contributed by atoms with Crippen LogP contribution in [-0.4, -0.2) is 53.5 Å². The summed E-state index contributed by atoms with van der Waals surface area (Å²) in [5.41, 5.74) is 8.60. The standard InChI is InChI=1S/C38H37F4N2O4.C10H8F4O2.C2H6.CH4O/c1-17-15-37(4,5)44-12-8-10-20-33(44)22(17)13-24-27(28-26(19(3)45)29(39)31(41)32(42)30(28)40)25-14-23-18(2)16-38(6,46)48-36(23)21(9-7-11-43)35(25)47-34(20)24;1-2-3-7(15)16-10-8(13)5(11)4-6(12)9(10)14;2*1-2/h13-16,46H,7-12,43H2,1-6H3;4H,2-3H2,1H3;1-2H3;2H,1H3/q+1;;;. The molecule has 366 valence electrons. The minimum Gasteiger partial charge on any atom is -0.458 e. The fraction of sp³-hybridized carbons (Fsp3) is 0.392. The van der Waals surface area contributed by atoms with Gasteiger partial charge in [-0.25, -0.2) is 30.9 Å². The number of nitrogens with zero attached hydrogens (tertiary/aromatic N) is 1. The fourth-order valence-corrected chi connectivity index (χ4v) is 9.00. The molecule has 8 rings (SSSR count). The van der Waals surface area contributed by atoms with Crippen LogP contribution in [0, 0.1) is 46.5 Å². The first-order valence-corrected chi connectivity index (χ1v) is 22.1. The van der Waals surface area contributed by atoms with Crippen molar-refractivity contribution in [3.8, 4) is 23.0 Å². The lowest BCUT2D eigenvalue weighted by Crippen LogP contribution is -2.53. The summed E-state index contributed by atoms with van der Waals surface area (Å²) in [4.78, 5) is 24.0. The molecule has 4 aromatic rings. The number of Topliss-reactive ketones (excluding diaryl/α,β-unsaturated/α-hetero) is 1.